The van der Waals surface area contributed by atoms with Crippen LogP contribution >= 0.6 is 11.3 Å². The van der Waals surface area contributed by atoms with Crippen molar-refractivity contribution in [2.24, 2.45) is 11.8 Å². The Balaban J connectivity index is 2.32. The van der Waals surface area contributed by atoms with E-state index >= 15 is 0 Å². The van der Waals surface area contributed by atoms with E-state index in [1.807, 2.05) is 32.2 Å². The van der Waals surface area contributed by atoms with Crippen LogP contribution in [0.2, 0.25) is 0 Å². The predicted octanol–water partition coefficient (Wildman–Crippen LogP) is 2.60. The van der Waals surface area contributed by atoms with Crippen LogP contribution in [0.3, 0.4) is 0 Å². The van der Waals surface area contributed by atoms with E-state index in [0.29, 0.717) is 13.0 Å². The largest absolute Gasteiger partial charge is 0.481 e. The molecular formula is C14H22N2O3S. The second-order valence-electron chi connectivity index (χ2n) is 5.32. The van der Waals surface area contributed by atoms with Crippen LogP contribution in [-0.4, -0.2) is 23.7 Å². The number of nitrogens with one attached hydrogen (secondary N) is 2. The maximum absolute atomic E-state index is 11.6. The zero-order valence-electron chi connectivity index (χ0n) is 12.1. The summed E-state index contributed by atoms with van der Waals surface area (Å²) in [6, 6.07) is 1.69. The third kappa shape index (κ3) is 6.06. The minimum Gasteiger partial charge on any atom is -0.481 e. The normalized spacial score (nSPS) is 12.2. The monoisotopic (exact) mass is 298 g/mol. The summed E-state index contributed by atoms with van der Waals surface area (Å²) >= 11 is 1.59. The number of carbonyl (C=O) groups is 2. The molecule has 1 heterocycles. The number of thiophene rings is 1. The molecule has 0 radical (unpaired) electrons. The van der Waals surface area contributed by atoms with Gasteiger partial charge in [0, 0.05) is 11.4 Å². The first-order valence-electron chi connectivity index (χ1n) is 6.67. The average molecular weight is 298 g/mol. The molecule has 0 bridgehead atoms. The molecule has 0 aromatic carbocycles. The summed E-state index contributed by atoms with van der Waals surface area (Å²) < 4.78 is 0. The van der Waals surface area contributed by atoms with Gasteiger partial charge in [0.15, 0.2) is 0 Å². The zero-order valence-corrected chi connectivity index (χ0v) is 12.9. The molecule has 0 aliphatic rings. The van der Waals surface area contributed by atoms with E-state index < -0.39 is 11.9 Å². The molecular weight excluding hydrogens is 276 g/mol. The van der Waals surface area contributed by atoms with E-state index in [0.717, 1.165) is 4.88 Å². The van der Waals surface area contributed by atoms with Crippen molar-refractivity contribution in [3.63, 3.8) is 0 Å². The molecule has 0 aliphatic carbocycles. The minimum absolute atomic E-state index is 0.156. The Morgan fingerprint density at radius 2 is 2.05 bits per heavy atom. The standard InChI is InChI=1S/C14H22N2O3S/c1-9(2)4-11(13(17)18)6-15-14(19)16-7-12-5-10(3)8-20-12/h5,8-9,11H,4,6-7H2,1-3H3,(H,17,18)(H2,15,16,19). The van der Waals surface area contributed by atoms with Crippen molar-refractivity contribution in [2.75, 3.05) is 6.54 Å². The van der Waals surface area contributed by atoms with Gasteiger partial charge < -0.3 is 15.7 Å². The Hall–Kier alpha value is -1.56. The lowest BCUT2D eigenvalue weighted by Crippen LogP contribution is -2.39. The summed E-state index contributed by atoms with van der Waals surface area (Å²) in [6.45, 7) is 6.56. The summed E-state index contributed by atoms with van der Waals surface area (Å²) in [5, 5.41) is 16.4. The molecule has 20 heavy (non-hydrogen) atoms. The topological polar surface area (TPSA) is 78.4 Å². The molecule has 2 amide bonds. The number of carboxylic acids is 1. The molecule has 1 aromatic rings. The van der Waals surface area contributed by atoms with Crippen LogP contribution in [0.1, 0.15) is 30.7 Å². The van der Waals surface area contributed by atoms with Gasteiger partial charge in [0.2, 0.25) is 0 Å². The van der Waals surface area contributed by atoms with E-state index in [-0.39, 0.29) is 18.5 Å². The van der Waals surface area contributed by atoms with Crippen LogP contribution in [0.5, 0.6) is 0 Å². The first kappa shape index (κ1) is 16.5. The van der Waals surface area contributed by atoms with Crippen LogP contribution in [0, 0.1) is 18.8 Å². The highest BCUT2D eigenvalue weighted by Crippen LogP contribution is 2.13. The molecule has 0 aliphatic heterocycles. The van der Waals surface area contributed by atoms with Gasteiger partial charge in [-0.15, -0.1) is 11.3 Å². The molecule has 0 spiro atoms. The summed E-state index contributed by atoms with van der Waals surface area (Å²) in [5.41, 5.74) is 1.18. The van der Waals surface area contributed by atoms with Crippen LogP contribution < -0.4 is 10.6 Å². The van der Waals surface area contributed by atoms with Crippen LogP contribution in [0.4, 0.5) is 4.79 Å². The second-order valence-corrected chi connectivity index (χ2v) is 6.31. The van der Waals surface area contributed by atoms with Gasteiger partial charge >= 0.3 is 12.0 Å². The molecule has 0 fully saturated rings. The highest BCUT2D eigenvalue weighted by atomic mass is 32.1. The molecule has 6 heteroatoms. The summed E-state index contributed by atoms with van der Waals surface area (Å²) in [7, 11) is 0. The molecule has 3 N–H and O–H groups in total. The summed E-state index contributed by atoms with van der Waals surface area (Å²) in [4.78, 5) is 23.8. The Labute approximate surface area is 123 Å². The number of amides is 2. The van der Waals surface area contributed by atoms with Crippen molar-refractivity contribution >= 4 is 23.3 Å². The van der Waals surface area contributed by atoms with Crippen molar-refractivity contribution in [2.45, 2.75) is 33.7 Å². The second kappa shape index (κ2) is 7.89. The molecule has 1 aromatic heterocycles. The molecule has 1 atom stereocenters. The number of aliphatic carboxylic acids is 1. The zero-order chi connectivity index (χ0) is 15.1. The molecule has 5 nitrogen and oxygen atoms in total. The average Bonchev–Trinajstić information content (AvgIpc) is 2.77. The van der Waals surface area contributed by atoms with E-state index in [4.69, 9.17) is 5.11 Å². The number of hydrogen-bond donors (Lipinski definition) is 3. The molecule has 1 unspecified atom stereocenters. The maximum atomic E-state index is 11.6. The van der Waals surface area contributed by atoms with Crippen molar-refractivity contribution in [3.05, 3.63) is 21.9 Å². The van der Waals surface area contributed by atoms with Gasteiger partial charge in [-0.2, -0.15) is 0 Å². The van der Waals surface area contributed by atoms with Gasteiger partial charge in [-0.1, -0.05) is 13.8 Å². The SMILES string of the molecule is Cc1csc(CNC(=O)NCC(CC(C)C)C(=O)O)c1. The van der Waals surface area contributed by atoms with Gasteiger partial charge in [0.05, 0.1) is 12.5 Å². The summed E-state index contributed by atoms with van der Waals surface area (Å²) in [6.07, 6.45) is 0.555. The Kier molecular flexibility index (Phi) is 6.51. The van der Waals surface area contributed by atoms with E-state index in [2.05, 4.69) is 10.6 Å². The summed E-state index contributed by atoms with van der Waals surface area (Å²) in [5.74, 6) is -1.12. The third-order valence-corrected chi connectivity index (χ3v) is 3.88. The van der Waals surface area contributed by atoms with E-state index in [9.17, 15) is 9.59 Å². The lowest BCUT2D eigenvalue weighted by molar-refractivity contribution is -0.142. The number of rotatable bonds is 7. The van der Waals surface area contributed by atoms with Crippen LogP contribution in [-0.2, 0) is 11.3 Å². The Bertz CT molecular complexity index is 457. The predicted molar refractivity (Wildman–Crippen MR) is 79.9 cm³/mol. The van der Waals surface area contributed by atoms with Gasteiger partial charge in [0.1, 0.15) is 0 Å². The first-order chi connectivity index (χ1) is 9.38. The highest BCUT2D eigenvalue weighted by molar-refractivity contribution is 7.10. The van der Waals surface area contributed by atoms with Crippen LogP contribution in [0.25, 0.3) is 0 Å². The van der Waals surface area contributed by atoms with Gasteiger partial charge in [0.25, 0.3) is 0 Å². The highest BCUT2D eigenvalue weighted by Gasteiger charge is 2.19. The lowest BCUT2D eigenvalue weighted by atomic mass is 9.97. The van der Waals surface area contributed by atoms with E-state index in [1.165, 1.54) is 5.56 Å². The van der Waals surface area contributed by atoms with Crippen molar-refractivity contribution in [3.8, 4) is 0 Å². The van der Waals surface area contributed by atoms with E-state index in [1.54, 1.807) is 11.3 Å². The number of urea groups is 1. The number of carbonyl (C=O) groups excluding carboxylic acids is 1. The first-order valence-corrected chi connectivity index (χ1v) is 7.55. The lowest BCUT2D eigenvalue weighted by Gasteiger charge is -2.15. The fourth-order valence-corrected chi connectivity index (χ4v) is 2.68. The number of hydrogen-bond acceptors (Lipinski definition) is 3. The minimum atomic E-state index is -0.868. The van der Waals surface area contributed by atoms with Crippen molar-refractivity contribution < 1.29 is 14.7 Å². The van der Waals surface area contributed by atoms with Gasteiger partial charge in [-0.05, 0) is 36.3 Å². The van der Waals surface area contributed by atoms with Gasteiger partial charge in [-0.25, -0.2) is 4.79 Å². The molecule has 1 rings (SSSR count). The number of aryl methyl sites for hydroxylation is 1. The maximum Gasteiger partial charge on any atom is 0.315 e. The molecule has 0 saturated carbocycles. The third-order valence-electron chi connectivity index (χ3n) is 2.82. The smallest absolute Gasteiger partial charge is 0.315 e. The van der Waals surface area contributed by atoms with Crippen molar-refractivity contribution in [1.29, 1.82) is 0 Å². The Morgan fingerprint density at radius 3 is 2.55 bits per heavy atom. The number of carboxylic acid groups (broad SMARTS) is 1. The van der Waals surface area contributed by atoms with Crippen LogP contribution in [0.15, 0.2) is 11.4 Å². The molecule has 112 valence electrons. The fraction of sp³-hybridized carbons (Fsp3) is 0.571. The molecule has 0 saturated heterocycles. The van der Waals surface area contributed by atoms with Gasteiger partial charge in [-0.3, -0.25) is 4.79 Å². The fourth-order valence-electron chi connectivity index (χ4n) is 1.87. The quantitative estimate of drug-likeness (QED) is 0.724. The Morgan fingerprint density at radius 1 is 1.35 bits per heavy atom. The van der Waals surface area contributed by atoms with Crippen molar-refractivity contribution in [1.82, 2.24) is 10.6 Å².